The molecule has 0 spiro atoms. The molecule has 0 bridgehead atoms. The van der Waals surface area contributed by atoms with E-state index in [4.69, 9.17) is 5.73 Å². The van der Waals surface area contributed by atoms with E-state index in [1.165, 1.54) is 6.07 Å². The Bertz CT molecular complexity index is 557. The van der Waals surface area contributed by atoms with Crippen LogP contribution in [0.3, 0.4) is 0 Å². The number of benzene rings is 2. The molecule has 0 saturated heterocycles. The van der Waals surface area contributed by atoms with Gasteiger partial charge in [-0.25, -0.2) is 4.39 Å². The Balaban J connectivity index is 2.37. The topological polar surface area (TPSA) is 49.5 Å². The second-order valence-electron chi connectivity index (χ2n) is 4.07. The Morgan fingerprint density at radius 1 is 1.22 bits per heavy atom. The van der Waals surface area contributed by atoms with Crippen LogP contribution in [0.25, 0.3) is 0 Å². The van der Waals surface area contributed by atoms with E-state index < -0.39 is 0 Å². The van der Waals surface area contributed by atoms with Crippen molar-refractivity contribution in [3.8, 4) is 5.75 Å². The van der Waals surface area contributed by atoms with Crippen LogP contribution >= 0.6 is 0 Å². The molecule has 18 heavy (non-hydrogen) atoms. The van der Waals surface area contributed by atoms with Gasteiger partial charge in [-0.15, -0.1) is 0 Å². The molecule has 94 valence electrons. The van der Waals surface area contributed by atoms with Crippen LogP contribution < -0.4 is 10.6 Å². The number of hydrogen-bond acceptors (Lipinski definition) is 3. The Kier molecular flexibility index (Phi) is 3.48. The number of phenols is 1. The molecule has 0 aromatic heterocycles. The first-order chi connectivity index (χ1) is 8.61. The molecular weight excluding hydrogens is 231 g/mol. The lowest BCUT2D eigenvalue weighted by Gasteiger charge is -2.20. The van der Waals surface area contributed by atoms with E-state index in [0.717, 1.165) is 11.3 Å². The molecule has 2 rings (SSSR count). The van der Waals surface area contributed by atoms with Crippen LogP contribution in [0.1, 0.15) is 5.56 Å². The number of hydrogen-bond donors (Lipinski definition) is 2. The van der Waals surface area contributed by atoms with E-state index in [1.54, 1.807) is 48.3 Å². The predicted octanol–water partition coefficient (Wildman–Crippen LogP) is 2.76. The van der Waals surface area contributed by atoms with Crippen molar-refractivity contribution in [3.63, 3.8) is 0 Å². The highest BCUT2D eigenvalue weighted by Crippen LogP contribution is 2.28. The van der Waals surface area contributed by atoms with Crippen LogP contribution in [0.4, 0.5) is 15.8 Å². The van der Waals surface area contributed by atoms with Crippen molar-refractivity contribution in [3.05, 3.63) is 53.8 Å². The van der Waals surface area contributed by atoms with Gasteiger partial charge in [0.1, 0.15) is 11.6 Å². The largest absolute Gasteiger partial charge is 0.508 e. The minimum atomic E-state index is -0.330. The number of phenolic OH excluding ortho intramolecular Hbond substituents is 1. The summed E-state index contributed by atoms with van der Waals surface area (Å²) in [6, 6.07) is 11.6. The van der Waals surface area contributed by atoms with Crippen LogP contribution in [-0.4, -0.2) is 12.2 Å². The van der Waals surface area contributed by atoms with Crippen LogP contribution in [0.5, 0.6) is 5.75 Å². The fourth-order valence-electron chi connectivity index (χ4n) is 1.79. The van der Waals surface area contributed by atoms with Gasteiger partial charge in [-0.3, -0.25) is 0 Å². The van der Waals surface area contributed by atoms with Crippen LogP contribution in [0, 0.1) is 5.82 Å². The lowest BCUT2D eigenvalue weighted by Crippen LogP contribution is -2.11. The standard InChI is InChI=1S/C14H15FN2O/c1-17(11-3-2-4-12(18)8-11)14-6-5-10(9-16)7-13(14)15/h2-8,18H,9,16H2,1H3. The van der Waals surface area contributed by atoms with E-state index in [2.05, 4.69) is 0 Å². The summed E-state index contributed by atoms with van der Waals surface area (Å²) >= 11 is 0. The average molecular weight is 246 g/mol. The molecule has 0 amide bonds. The smallest absolute Gasteiger partial charge is 0.147 e. The first-order valence-electron chi connectivity index (χ1n) is 5.63. The molecule has 0 atom stereocenters. The van der Waals surface area contributed by atoms with Gasteiger partial charge in [-0.2, -0.15) is 0 Å². The Labute approximate surface area is 105 Å². The quantitative estimate of drug-likeness (QED) is 0.875. The molecule has 0 heterocycles. The third-order valence-electron chi connectivity index (χ3n) is 2.83. The zero-order chi connectivity index (χ0) is 13.1. The molecule has 0 aliphatic heterocycles. The highest BCUT2D eigenvalue weighted by atomic mass is 19.1. The molecule has 2 aromatic carbocycles. The molecule has 0 aliphatic carbocycles. The second-order valence-corrected chi connectivity index (χ2v) is 4.07. The number of nitrogens with zero attached hydrogens (tertiary/aromatic N) is 1. The van der Waals surface area contributed by atoms with Gasteiger partial charge in [-0.05, 0) is 29.8 Å². The van der Waals surface area contributed by atoms with Crippen molar-refractivity contribution in [1.82, 2.24) is 0 Å². The van der Waals surface area contributed by atoms with Gasteiger partial charge >= 0.3 is 0 Å². The highest BCUT2D eigenvalue weighted by Gasteiger charge is 2.10. The number of anilines is 2. The van der Waals surface area contributed by atoms with Crippen molar-refractivity contribution in [2.24, 2.45) is 5.73 Å². The number of rotatable bonds is 3. The normalized spacial score (nSPS) is 10.4. The van der Waals surface area contributed by atoms with Gasteiger partial charge in [0, 0.05) is 25.3 Å². The molecule has 0 aliphatic rings. The zero-order valence-electron chi connectivity index (χ0n) is 10.1. The maximum Gasteiger partial charge on any atom is 0.147 e. The molecule has 0 unspecified atom stereocenters. The Hall–Kier alpha value is -2.07. The summed E-state index contributed by atoms with van der Waals surface area (Å²) in [5, 5.41) is 9.42. The molecular formula is C14H15FN2O. The molecule has 4 heteroatoms. The number of nitrogens with two attached hydrogens (primary N) is 1. The lowest BCUT2D eigenvalue weighted by atomic mass is 10.1. The minimum absolute atomic E-state index is 0.151. The van der Waals surface area contributed by atoms with E-state index >= 15 is 0 Å². The third kappa shape index (κ3) is 2.43. The molecule has 3 N–H and O–H groups in total. The van der Waals surface area contributed by atoms with E-state index in [1.807, 2.05) is 0 Å². The summed E-state index contributed by atoms with van der Waals surface area (Å²) in [6.45, 7) is 0.313. The fraction of sp³-hybridized carbons (Fsp3) is 0.143. The molecule has 3 nitrogen and oxygen atoms in total. The zero-order valence-corrected chi connectivity index (χ0v) is 10.1. The Morgan fingerprint density at radius 3 is 2.61 bits per heavy atom. The van der Waals surface area contributed by atoms with Crippen molar-refractivity contribution in [2.45, 2.75) is 6.54 Å². The Morgan fingerprint density at radius 2 is 2.00 bits per heavy atom. The summed E-state index contributed by atoms with van der Waals surface area (Å²) in [4.78, 5) is 1.68. The molecule has 0 radical (unpaired) electrons. The van der Waals surface area contributed by atoms with Crippen LogP contribution in [0.15, 0.2) is 42.5 Å². The van der Waals surface area contributed by atoms with E-state index in [-0.39, 0.29) is 11.6 Å². The highest BCUT2D eigenvalue weighted by molar-refractivity contribution is 5.64. The first kappa shape index (κ1) is 12.4. The lowest BCUT2D eigenvalue weighted by molar-refractivity contribution is 0.475. The van der Waals surface area contributed by atoms with Crippen LogP contribution in [0.2, 0.25) is 0 Å². The van der Waals surface area contributed by atoms with Crippen molar-refractivity contribution >= 4 is 11.4 Å². The monoisotopic (exact) mass is 246 g/mol. The van der Waals surface area contributed by atoms with E-state index in [9.17, 15) is 9.50 Å². The van der Waals surface area contributed by atoms with E-state index in [0.29, 0.717) is 12.2 Å². The minimum Gasteiger partial charge on any atom is -0.508 e. The average Bonchev–Trinajstić information content (AvgIpc) is 2.37. The summed E-state index contributed by atoms with van der Waals surface area (Å²) in [7, 11) is 1.75. The van der Waals surface area contributed by atoms with Crippen molar-refractivity contribution in [1.29, 1.82) is 0 Å². The summed E-state index contributed by atoms with van der Waals surface area (Å²) in [5.74, 6) is -0.179. The maximum absolute atomic E-state index is 13.9. The first-order valence-corrected chi connectivity index (χ1v) is 5.63. The molecule has 0 fully saturated rings. The van der Waals surface area contributed by atoms with Gasteiger partial charge in [-0.1, -0.05) is 12.1 Å². The maximum atomic E-state index is 13.9. The van der Waals surface area contributed by atoms with Crippen LogP contribution in [-0.2, 0) is 6.54 Å². The van der Waals surface area contributed by atoms with Gasteiger partial charge in [0.05, 0.1) is 5.69 Å². The number of halogens is 1. The molecule has 0 saturated carbocycles. The van der Waals surface area contributed by atoms with Crippen molar-refractivity contribution < 1.29 is 9.50 Å². The van der Waals surface area contributed by atoms with Crippen molar-refractivity contribution in [2.75, 3.05) is 11.9 Å². The fourth-order valence-corrected chi connectivity index (χ4v) is 1.79. The summed E-state index contributed by atoms with van der Waals surface area (Å²) in [5.41, 5.74) is 7.37. The SMILES string of the molecule is CN(c1cccc(O)c1)c1ccc(CN)cc1F. The third-order valence-corrected chi connectivity index (χ3v) is 2.83. The number of aromatic hydroxyl groups is 1. The summed E-state index contributed by atoms with van der Waals surface area (Å²) < 4.78 is 13.9. The second kappa shape index (κ2) is 5.06. The predicted molar refractivity (Wildman–Crippen MR) is 70.5 cm³/mol. The van der Waals surface area contributed by atoms with Gasteiger partial charge < -0.3 is 15.7 Å². The molecule has 2 aromatic rings. The van der Waals surface area contributed by atoms with Gasteiger partial charge in [0.25, 0.3) is 0 Å². The van der Waals surface area contributed by atoms with Gasteiger partial charge in [0.2, 0.25) is 0 Å². The summed E-state index contributed by atoms with van der Waals surface area (Å²) in [6.07, 6.45) is 0. The van der Waals surface area contributed by atoms with Gasteiger partial charge in [0.15, 0.2) is 0 Å².